The molecule has 4 aromatic carbocycles. The first kappa shape index (κ1) is 17.6. The highest BCUT2D eigenvalue weighted by Crippen LogP contribution is 2.34. The molecule has 0 aromatic heterocycles. The van der Waals surface area contributed by atoms with E-state index >= 15 is 0 Å². The molecule has 29 heavy (non-hydrogen) atoms. The minimum absolute atomic E-state index is 0.187. The van der Waals surface area contributed by atoms with Crippen molar-refractivity contribution in [1.82, 2.24) is 5.32 Å². The van der Waals surface area contributed by atoms with Crippen LogP contribution in [0.2, 0.25) is 0 Å². The van der Waals surface area contributed by atoms with E-state index in [2.05, 4.69) is 40.6 Å². The molecule has 0 aliphatic carbocycles. The van der Waals surface area contributed by atoms with E-state index in [1.807, 2.05) is 30.3 Å². The van der Waals surface area contributed by atoms with Gasteiger partial charge < -0.3 is 5.32 Å². The number of carbonyl (C=O) groups excluding carboxylic acids is 1. The van der Waals surface area contributed by atoms with Crippen molar-refractivity contribution in [2.75, 3.05) is 0 Å². The second-order valence-electron chi connectivity index (χ2n) is 6.69. The Morgan fingerprint density at radius 3 is 2.14 bits per heavy atom. The van der Waals surface area contributed by atoms with E-state index in [4.69, 9.17) is 0 Å². The van der Waals surface area contributed by atoms with Crippen LogP contribution in [0.5, 0.6) is 0 Å². The van der Waals surface area contributed by atoms with Gasteiger partial charge >= 0.3 is 0 Å². The predicted molar refractivity (Wildman–Crippen MR) is 119 cm³/mol. The van der Waals surface area contributed by atoms with E-state index in [9.17, 15) is 9.18 Å². The zero-order chi connectivity index (χ0) is 19.8. The second-order valence-corrected chi connectivity index (χ2v) is 7.72. The van der Waals surface area contributed by atoms with E-state index in [1.165, 1.54) is 23.9 Å². The average molecular weight is 398 g/mol. The normalized spacial score (nSPS) is 16.8. The van der Waals surface area contributed by atoms with Crippen molar-refractivity contribution in [3.8, 4) is 0 Å². The maximum Gasteiger partial charge on any atom is 0.264 e. The van der Waals surface area contributed by atoms with Gasteiger partial charge in [0, 0.05) is 0 Å². The molecule has 0 radical (unpaired) electrons. The summed E-state index contributed by atoms with van der Waals surface area (Å²) < 4.78 is 13.1. The molecule has 0 spiro atoms. The number of halogens is 1. The number of aliphatic imine (C=N–C) groups is 1. The fourth-order valence-corrected chi connectivity index (χ4v) is 4.27. The van der Waals surface area contributed by atoms with Crippen LogP contribution in [-0.2, 0) is 4.79 Å². The third-order valence-electron chi connectivity index (χ3n) is 4.80. The number of amides is 1. The molecule has 1 aliphatic heterocycles. The van der Waals surface area contributed by atoms with Gasteiger partial charge in [-0.3, -0.25) is 4.79 Å². The van der Waals surface area contributed by atoms with E-state index in [-0.39, 0.29) is 11.7 Å². The number of nitrogens with zero attached hydrogens (tertiary/aromatic N) is 1. The Morgan fingerprint density at radius 1 is 0.862 bits per heavy atom. The number of benzene rings is 4. The molecule has 140 valence electrons. The van der Waals surface area contributed by atoms with Gasteiger partial charge in [0.1, 0.15) is 5.82 Å². The second kappa shape index (κ2) is 7.18. The number of thioether (sulfide) groups is 1. The molecule has 5 heteroatoms. The van der Waals surface area contributed by atoms with Crippen LogP contribution in [-0.4, -0.2) is 11.1 Å². The summed E-state index contributed by atoms with van der Waals surface area (Å²) in [4.78, 5) is 17.5. The number of hydrogen-bond donors (Lipinski definition) is 1. The van der Waals surface area contributed by atoms with Crippen molar-refractivity contribution >= 4 is 56.1 Å². The highest BCUT2D eigenvalue weighted by Gasteiger charge is 2.24. The first-order valence-electron chi connectivity index (χ1n) is 9.13. The molecular formula is C24H15FN2OS. The maximum absolute atomic E-state index is 13.1. The Kier molecular flexibility index (Phi) is 4.37. The number of carbonyl (C=O) groups is 1. The van der Waals surface area contributed by atoms with Crippen molar-refractivity contribution in [3.05, 3.63) is 95.1 Å². The van der Waals surface area contributed by atoms with Crippen molar-refractivity contribution in [1.29, 1.82) is 0 Å². The highest BCUT2D eigenvalue weighted by atomic mass is 32.2. The Hall–Kier alpha value is -3.44. The molecule has 1 fully saturated rings. The van der Waals surface area contributed by atoms with Crippen LogP contribution in [0, 0.1) is 5.82 Å². The van der Waals surface area contributed by atoms with Crippen LogP contribution in [0.15, 0.2) is 88.8 Å². The lowest BCUT2D eigenvalue weighted by atomic mass is 9.96. The molecule has 1 heterocycles. The summed E-state index contributed by atoms with van der Waals surface area (Å²) in [5.74, 6) is -0.506. The average Bonchev–Trinajstić information content (AvgIpc) is 3.08. The summed E-state index contributed by atoms with van der Waals surface area (Å²) in [6.07, 6.45) is 1.93. The van der Waals surface area contributed by atoms with Crippen LogP contribution < -0.4 is 5.32 Å². The van der Waals surface area contributed by atoms with Crippen LogP contribution in [0.4, 0.5) is 10.1 Å². The molecule has 1 amide bonds. The van der Waals surface area contributed by atoms with Gasteiger partial charge in [0.05, 0.1) is 10.6 Å². The van der Waals surface area contributed by atoms with E-state index < -0.39 is 0 Å². The first-order valence-corrected chi connectivity index (χ1v) is 9.95. The number of amidine groups is 1. The summed E-state index contributed by atoms with van der Waals surface area (Å²) in [5, 5.41) is 7.72. The fourth-order valence-electron chi connectivity index (χ4n) is 3.45. The summed E-state index contributed by atoms with van der Waals surface area (Å²) in [6, 6.07) is 24.3. The third-order valence-corrected chi connectivity index (χ3v) is 5.71. The van der Waals surface area contributed by atoms with E-state index in [0.29, 0.717) is 15.8 Å². The first-order chi connectivity index (χ1) is 14.2. The van der Waals surface area contributed by atoms with Crippen molar-refractivity contribution < 1.29 is 9.18 Å². The standard InChI is InChI=1S/C24H15FN2OS/c25-17-9-11-18(12-10-17)26-24-27-23(28)22(29-24)14-21-19-7-3-1-5-15(19)13-16-6-2-4-8-20(16)21/h1-14H,(H,26,27,28)/b22-14+. The van der Waals surface area contributed by atoms with Crippen LogP contribution in [0.25, 0.3) is 27.6 Å². The Bertz CT molecular complexity index is 1270. The van der Waals surface area contributed by atoms with Crippen LogP contribution in [0.1, 0.15) is 5.56 Å². The molecular weight excluding hydrogens is 383 g/mol. The zero-order valence-corrected chi connectivity index (χ0v) is 16.0. The summed E-state index contributed by atoms with van der Waals surface area (Å²) >= 11 is 1.29. The number of fused-ring (bicyclic) bond motifs is 2. The topological polar surface area (TPSA) is 41.5 Å². The van der Waals surface area contributed by atoms with Crippen molar-refractivity contribution in [2.45, 2.75) is 0 Å². The Morgan fingerprint density at radius 2 is 1.48 bits per heavy atom. The smallest absolute Gasteiger partial charge is 0.264 e. The fraction of sp³-hybridized carbons (Fsp3) is 0. The molecule has 0 bridgehead atoms. The molecule has 5 rings (SSSR count). The lowest BCUT2D eigenvalue weighted by Crippen LogP contribution is -2.19. The predicted octanol–water partition coefficient (Wildman–Crippen LogP) is 6.02. The molecule has 0 atom stereocenters. The Labute approximate surface area is 171 Å². The van der Waals surface area contributed by atoms with Gasteiger partial charge in [-0.05, 0) is 75.3 Å². The van der Waals surface area contributed by atoms with Crippen LogP contribution in [0.3, 0.4) is 0 Å². The quantitative estimate of drug-likeness (QED) is 0.331. The Balaban J connectivity index is 1.60. The molecule has 1 N–H and O–H groups in total. The monoisotopic (exact) mass is 398 g/mol. The molecule has 1 saturated heterocycles. The molecule has 0 unspecified atom stereocenters. The SMILES string of the molecule is O=C1NC(=Nc2ccc(F)cc2)S/C1=C/c1c2ccccc2cc2ccccc12. The number of nitrogens with one attached hydrogen (secondary N) is 1. The van der Waals surface area contributed by atoms with E-state index in [1.54, 1.807) is 12.1 Å². The molecule has 1 aliphatic rings. The van der Waals surface area contributed by atoms with E-state index in [0.717, 1.165) is 27.1 Å². The number of hydrogen-bond acceptors (Lipinski definition) is 3. The summed E-state index contributed by atoms with van der Waals surface area (Å²) in [5.41, 5.74) is 1.60. The lowest BCUT2D eigenvalue weighted by Gasteiger charge is -2.08. The van der Waals surface area contributed by atoms with Gasteiger partial charge in [0.2, 0.25) is 0 Å². The van der Waals surface area contributed by atoms with Gasteiger partial charge in [0.25, 0.3) is 5.91 Å². The van der Waals surface area contributed by atoms with Gasteiger partial charge in [-0.25, -0.2) is 9.38 Å². The van der Waals surface area contributed by atoms with Gasteiger partial charge in [0.15, 0.2) is 5.17 Å². The molecule has 3 nitrogen and oxygen atoms in total. The molecule has 0 saturated carbocycles. The zero-order valence-electron chi connectivity index (χ0n) is 15.2. The minimum Gasteiger partial charge on any atom is -0.300 e. The minimum atomic E-state index is -0.319. The maximum atomic E-state index is 13.1. The summed E-state index contributed by atoms with van der Waals surface area (Å²) in [7, 11) is 0. The van der Waals surface area contributed by atoms with Crippen molar-refractivity contribution in [3.63, 3.8) is 0 Å². The lowest BCUT2D eigenvalue weighted by molar-refractivity contribution is -0.115. The summed E-state index contributed by atoms with van der Waals surface area (Å²) in [6.45, 7) is 0. The largest absolute Gasteiger partial charge is 0.300 e. The highest BCUT2D eigenvalue weighted by molar-refractivity contribution is 8.18. The molecule has 4 aromatic rings. The van der Waals surface area contributed by atoms with Crippen LogP contribution >= 0.6 is 11.8 Å². The van der Waals surface area contributed by atoms with Crippen molar-refractivity contribution in [2.24, 2.45) is 4.99 Å². The van der Waals surface area contributed by atoms with Gasteiger partial charge in [-0.15, -0.1) is 0 Å². The number of rotatable bonds is 2. The van der Waals surface area contributed by atoms with Gasteiger partial charge in [-0.1, -0.05) is 48.5 Å². The van der Waals surface area contributed by atoms with Gasteiger partial charge in [-0.2, -0.15) is 0 Å². The third kappa shape index (κ3) is 3.41.